The number of rotatable bonds is 6. The van der Waals surface area contributed by atoms with Crippen LogP contribution in [0.15, 0.2) is 84.9 Å². The number of carbonyl (C=O) groups is 6. The fourth-order valence-corrected chi connectivity index (χ4v) is 7.25. The predicted molar refractivity (Wildman–Crippen MR) is 180 cm³/mol. The molecule has 10 nitrogen and oxygen atoms in total. The van der Waals surface area contributed by atoms with Crippen LogP contribution in [0.3, 0.4) is 0 Å². The van der Waals surface area contributed by atoms with E-state index in [0.29, 0.717) is 12.1 Å². The third-order valence-electron chi connectivity index (χ3n) is 9.95. The second-order valence-electron chi connectivity index (χ2n) is 13.2. The number of hydrogen-bond donors (Lipinski definition) is 2. The highest BCUT2D eigenvalue weighted by Gasteiger charge is 2.73. The number of anilines is 3. The van der Waals surface area contributed by atoms with Gasteiger partial charge in [0.25, 0.3) is 11.8 Å². The normalized spacial score (nSPS) is 20.8. The van der Waals surface area contributed by atoms with Crippen LogP contribution in [0, 0.1) is 30.6 Å². The molecule has 6 amide bonds. The Morgan fingerprint density at radius 2 is 0.926 bits per heavy atom. The Labute approximate surface area is 301 Å². The lowest BCUT2D eigenvalue weighted by Crippen LogP contribution is -2.50. The van der Waals surface area contributed by atoms with Gasteiger partial charge in [-0.15, -0.1) is 0 Å². The summed E-state index contributed by atoms with van der Waals surface area (Å²) >= 11 is 0. The minimum absolute atomic E-state index is 0.0483. The molecule has 0 bridgehead atoms. The van der Waals surface area contributed by atoms with Crippen LogP contribution in [0.1, 0.15) is 37.4 Å². The number of imide groups is 2. The van der Waals surface area contributed by atoms with Gasteiger partial charge in [0.05, 0.1) is 40.5 Å². The molecule has 4 aromatic carbocycles. The van der Waals surface area contributed by atoms with E-state index in [2.05, 4.69) is 10.6 Å². The average molecular weight is 749 g/mol. The molecule has 4 unspecified atom stereocenters. The average Bonchev–Trinajstić information content (AvgIpc) is 3.41. The first kappa shape index (κ1) is 36.1. The Balaban J connectivity index is 1.11. The van der Waals surface area contributed by atoms with Gasteiger partial charge in [0.2, 0.25) is 23.6 Å². The van der Waals surface area contributed by atoms with E-state index in [1.807, 2.05) is 0 Å². The third kappa shape index (κ3) is 5.96. The number of likely N-dealkylation sites (tertiary alicyclic amines) is 1. The molecule has 54 heavy (non-hydrogen) atoms. The Morgan fingerprint density at radius 3 is 1.31 bits per heavy atom. The van der Waals surface area contributed by atoms with Gasteiger partial charge in [-0.25, -0.2) is 0 Å². The van der Waals surface area contributed by atoms with Crippen molar-refractivity contribution in [2.45, 2.75) is 19.3 Å². The maximum Gasteiger partial charge on any atom is 0.417 e. The molecule has 2 aliphatic heterocycles. The SMILES string of the molecule is Cc1ccc(C(=O)Nc2ccc(-c3ccc(NC(=O)c4ccc(N5C(=O)C6C7C(=O)N(C)C(=O)C7C6C5=O)cc4)cc3C(F)(F)F)c(C(F)(F)F)c2)cc1. The molecule has 276 valence electrons. The molecule has 3 fully saturated rings. The van der Waals surface area contributed by atoms with Crippen molar-refractivity contribution in [1.82, 2.24) is 4.90 Å². The summed E-state index contributed by atoms with van der Waals surface area (Å²) in [4.78, 5) is 78.7. The fourth-order valence-electron chi connectivity index (χ4n) is 7.25. The highest BCUT2D eigenvalue weighted by molar-refractivity contribution is 6.27. The van der Waals surface area contributed by atoms with Gasteiger partial charge >= 0.3 is 12.4 Å². The number of carbonyl (C=O) groups excluding carboxylic acids is 6. The quantitative estimate of drug-likeness (QED) is 0.170. The number of benzene rings is 4. The summed E-state index contributed by atoms with van der Waals surface area (Å²) in [5.74, 6) is -7.91. The highest BCUT2D eigenvalue weighted by Crippen LogP contribution is 2.56. The molecule has 4 atom stereocenters. The molecule has 0 radical (unpaired) electrons. The van der Waals surface area contributed by atoms with Crippen LogP contribution in [0.4, 0.5) is 43.4 Å². The number of aryl methyl sites for hydroxylation is 1. The molecular weight excluding hydrogens is 722 g/mol. The summed E-state index contributed by atoms with van der Waals surface area (Å²) in [5, 5.41) is 4.61. The van der Waals surface area contributed by atoms with Crippen molar-refractivity contribution >= 4 is 52.5 Å². The van der Waals surface area contributed by atoms with Crippen LogP contribution in [0.25, 0.3) is 11.1 Å². The summed E-state index contributed by atoms with van der Waals surface area (Å²) < 4.78 is 85.9. The lowest BCUT2D eigenvalue weighted by atomic mass is 9.59. The summed E-state index contributed by atoms with van der Waals surface area (Å²) in [6, 6.07) is 15.8. The number of nitrogens with one attached hydrogen (secondary N) is 2. The zero-order valence-electron chi connectivity index (χ0n) is 28.0. The Kier molecular flexibility index (Phi) is 8.46. The molecule has 0 spiro atoms. The van der Waals surface area contributed by atoms with E-state index in [0.717, 1.165) is 39.6 Å². The van der Waals surface area contributed by atoms with E-state index in [4.69, 9.17) is 0 Å². The number of amides is 6. The van der Waals surface area contributed by atoms with Crippen molar-refractivity contribution in [3.63, 3.8) is 0 Å². The maximum atomic E-state index is 14.4. The molecule has 2 saturated heterocycles. The van der Waals surface area contributed by atoms with E-state index in [-0.39, 0.29) is 22.5 Å². The van der Waals surface area contributed by atoms with Gasteiger partial charge in [-0.05, 0) is 78.7 Å². The number of fused-ring (bicyclic) bond motifs is 4. The van der Waals surface area contributed by atoms with Crippen molar-refractivity contribution in [3.8, 4) is 11.1 Å². The smallest absolute Gasteiger partial charge is 0.322 e. The Bertz CT molecular complexity index is 2250. The summed E-state index contributed by atoms with van der Waals surface area (Å²) in [7, 11) is 1.28. The number of hydrogen-bond acceptors (Lipinski definition) is 6. The second kappa shape index (κ2) is 12.7. The van der Waals surface area contributed by atoms with Gasteiger partial charge in [-0.2, -0.15) is 26.3 Å². The van der Waals surface area contributed by atoms with Gasteiger partial charge in [0, 0.05) is 29.5 Å². The summed E-state index contributed by atoms with van der Waals surface area (Å²) in [6.07, 6.45) is -10.3. The van der Waals surface area contributed by atoms with Gasteiger partial charge in [0.1, 0.15) is 0 Å². The monoisotopic (exact) mass is 748 g/mol. The van der Waals surface area contributed by atoms with Crippen LogP contribution in [0.2, 0.25) is 0 Å². The van der Waals surface area contributed by atoms with E-state index < -0.39 is 99.4 Å². The van der Waals surface area contributed by atoms with Crippen molar-refractivity contribution in [2.24, 2.45) is 23.7 Å². The minimum Gasteiger partial charge on any atom is -0.322 e. The molecule has 1 saturated carbocycles. The first-order chi connectivity index (χ1) is 25.4. The van der Waals surface area contributed by atoms with Crippen molar-refractivity contribution in [2.75, 3.05) is 22.6 Å². The largest absolute Gasteiger partial charge is 0.417 e. The molecule has 4 aromatic rings. The molecule has 1 aliphatic carbocycles. The van der Waals surface area contributed by atoms with Gasteiger partial charge < -0.3 is 10.6 Å². The fraction of sp³-hybridized carbons (Fsp3) is 0.211. The molecule has 2 N–H and O–H groups in total. The molecular formula is C38H26F6N4O6. The number of alkyl halides is 6. The zero-order valence-corrected chi connectivity index (χ0v) is 28.0. The van der Waals surface area contributed by atoms with Crippen molar-refractivity contribution in [3.05, 3.63) is 113 Å². The third-order valence-corrected chi connectivity index (χ3v) is 9.95. The van der Waals surface area contributed by atoms with Crippen molar-refractivity contribution < 1.29 is 55.1 Å². The zero-order chi connectivity index (χ0) is 39.0. The van der Waals surface area contributed by atoms with Crippen molar-refractivity contribution in [1.29, 1.82) is 0 Å². The standard InChI is InChI=1S/C38H26F6N4O6/c1-17-3-5-18(6-4-17)31(49)45-20-9-13-23(25(15-20)37(39,40)41)24-14-10-21(16-26(24)38(42,43)44)46-32(50)19-7-11-22(12-8-19)48-35(53)29-27-28(30(29)36(48)54)34(52)47(2)33(27)51/h3-16,27-30H,1-2H3,(H,45,49)(H,46,50). The van der Waals surface area contributed by atoms with Crippen LogP contribution >= 0.6 is 0 Å². The lowest BCUT2D eigenvalue weighted by molar-refractivity contribution is -0.146. The second-order valence-corrected chi connectivity index (χ2v) is 13.2. The maximum absolute atomic E-state index is 14.4. The molecule has 7 rings (SSSR count). The van der Waals surface area contributed by atoms with E-state index in [1.165, 1.54) is 43.4 Å². The topological polar surface area (TPSA) is 133 Å². The molecule has 16 heteroatoms. The Hall–Kier alpha value is -6.32. The van der Waals surface area contributed by atoms with Crippen LogP contribution < -0.4 is 15.5 Å². The van der Waals surface area contributed by atoms with E-state index in [1.54, 1.807) is 19.1 Å². The summed E-state index contributed by atoms with van der Waals surface area (Å²) in [6.45, 7) is 1.78. The molecule has 0 aromatic heterocycles. The number of halogens is 6. The van der Waals surface area contributed by atoms with E-state index in [9.17, 15) is 55.1 Å². The Morgan fingerprint density at radius 1 is 0.556 bits per heavy atom. The van der Waals surface area contributed by atoms with Gasteiger partial charge in [0.15, 0.2) is 0 Å². The van der Waals surface area contributed by atoms with Crippen LogP contribution in [-0.4, -0.2) is 47.4 Å². The first-order valence-electron chi connectivity index (χ1n) is 16.3. The number of nitrogens with zero attached hydrogens (tertiary/aromatic N) is 2. The highest BCUT2D eigenvalue weighted by atomic mass is 19.4. The minimum atomic E-state index is -5.17. The summed E-state index contributed by atoms with van der Waals surface area (Å²) in [5.41, 5.74) is -4.33. The first-order valence-corrected chi connectivity index (χ1v) is 16.3. The van der Waals surface area contributed by atoms with Crippen LogP contribution in [-0.2, 0) is 31.5 Å². The van der Waals surface area contributed by atoms with E-state index >= 15 is 0 Å². The predicted octanol–water partition coefficient (Wildman–Crippen LogP) is 6.55. The lowest BCUT2D eigenvalue weighted by Gasteiger charge is -2.36. The van der Waals surface area contributed by atoms with Gasteiger partial charge in [-0.3, -0.25) is 38.6 Å². The molecule has 3 aliphatic rings. The molecule has 2 heterocycles. The van der Waals surface area contributed by atoms with Gasteiger partial charge in [-0.1, -0.05) is 29.8 Å². The van der Waals surface area contributed by atoms with Crippen LogP contribution in [0.5, 0.6) is 0 Å².